The highest BCUT2D eigenvalue weighted by atomic mass is 15.8. The number of nitrogens with one attached hydrogen (secondary N) is 4. The minimum atomic E-state index is 0.0793. The van der Waals surface area contributed by atoms with Crippen molar-refractivity contribution < 1.29 is 0 Å². The molecule has 0 fully saturated rings. The van der Waals surface area contributed by atoms with Crippen molar-refractivity contribution in [3.05, 3.63) is 89.5 Å². The Kier molecular flexibility index (Phi) is 6.40. The first-order chi connectivity index (χ1) is 15.9. The van der Waals surface area contributed by atoms with Crippen molar-refractivity contribution in [2.45, 2.75) is 20.8 Å². The van der Waals surface area contributed by atoms with E-state index in [-0.39, 0.29) is 11.9 Å². The Bertz CT molecular complexity index is 1190. The van der Waals surface area contributed by atoms with Crippen LogP contribution in [0.15, 0.2) is 72.8 Å². The molecule has 0 radical (unpaired) electrons. The number of aromatic nitrogens is 3. The van der Waals surface area contributed by atoms with E-state index >= 15 is 0 Å². The van der Waals surface area contributed by atoms with Gasteiger partial charge in [0.1, 0.15) is 0 Å². The molecule has 33 heavy (non-hydrogen) atoms. The topological polar surface area (TPSA) is 116 Å². The van der Waals surface area contributed by atoms with Crippen molar-refractivity contribution in [2.24, 2.45) is 0 Å². The zero-order valence-electron chi connectivity index (χ0n) is 18.8. The Hall–Kier alpha value is -4.53. The number of aryl methyl sites for hydroxylation is 3. The Labute approximate surface area is 193 Å². The minimum Gasteiger partial charge on any atom is -0.368 e. The minimum absolute atomic E-state index is 0.0793. The third kappa shape index (κ3) is 6.01. The van der Waals surface area contributed by atoms with Gasteiger partial charge < -0.3 is 5.73 Å². The van der Waals surface area contributed by atoms with E-state index in [1.807, 2.05) is 93.6 Å². The van der Waals surface area contributed by atoms with Crippen LogP contribution in [0.1, 0.15) is 16.7 Å². The summed E-state index contributed by atoms with van der Waals surface area (Å²) in [5, 5.41) is 1.61. The highest BCUT2D eigenvalue weighted by molar-refractivity contribution is 5.59. The summed E-state index contributed by atoms with van der Waals surface area (Å²) < 4.78 is 0. The molecule has 0 unspecified atom stereocenters. The Balaban J connectivity index is 1.61. The molecule has 0 atom stereocenters. The molecule has 0 amide bonds. The van der Waals surface area contributed by atoms with Gasteiger partial charge in [0.05, 0.1) is 17.1 Å². The van der Waals surface area contributed by atoms with E-state index in [2.05, 4.69) is 36.7 Å². The van der Waals surface area contributed by atoms with Gasteiger partial charge >= 0.3 is 0 Å². The summed E-state index contributed by atoms with van der Waals surface area (Å²) in [6, 6.07) is 23.9. The first-order valence-corrected chi connectivity index (χ1v) is 10.5. The molecule has 0 spiro atoms. The fourth-order valence-electron chi connectivity index (χ4n) is 3.20. The second-order valence-electron chi connectivity index (χ2n) is 7.73. The predicted molar refractivity (Wildman–Crippen MR) is 135 cm³/mol. The Morgan fingerprint density at radius 3 is 1.70 bits per heavy atom. The molecule has 3 aromatic carbocycles. The van der Waals surface area contributed by atoms with Gasteiger partial charge in [-0.2, -0.15) is 20.1 Å². The van der Waals surface area contributed by atoms with Crippen LogP contribution in [0.4, 0.5) is 34.9 Å². The number of hydrogen-bond acceptors (Lipinski definition) is 9. The first-order valence-electron chi connectivity index (χ1n) is 10.5. The number of rotatable bonds is 8. The third-order valence-electron chi connectivity index (χ3n) is 4.70. The average Bonchev–Trinajstić information content (AvgIpc) is 2.77. The van der Waals surface area contributed by atoms with Crippen LogP contribution >= 0.6 is 0 Å². The quantitative estimate of drug-likeness (QED) is 0.249. The molecular formula is C24H27N9. The highest BCUT2D eigenvalue weighted by Gasteiger charge is 2.14. The molecular weight excluding hydrogens is 414 g/mol. The average molecular weight is 442 g/mol. The lowest BCUT2D eigenvalue weighted by atomic mass is 10.2. The number of hydrazine groups is 3. The van der Waals surface area contributed by atoms with E-state index in [0.717, 1.165) is 33.8 Å². The number of benzene rings is 3. The van der Waals surface area contributed by atoms with Gasteiger partial charge in [-0.3, -0.25) is 21.7 Å². The molecule has 0 bridgehead atoms. The molecule has 1 heterocycles. The summed E-state index contributed by atoms with van der Waals surface area (Å²) in [5.74, 6) is 0.649. The molecule has 9 nitrogen and oxygen atoms in total. The number of nitrogens with two attached hydrogens (primary N) is 1. The Morgan fingerprint density at radius 1 is 0.636 bits per heavy atom. The van der Waals surface area contributed by atoms with E-state index in [9.17, 15) is 0 Å². The second-order valence-corrected chi connectivity index (χ2v) is 7.73. The molecule has 0 saturated carbocycles. The molecule has 1 aromatic heterocycles. The van der Waals surface area contributed by atoms with Crippen LogP contribution in [0.25, 0.3) is 0 Å². The van der Waals surface area contributed by atoms with Gasteiger partial charge in [0.2, 0.25) is 11.9 Å². The summed E-state index contributed by atoms with van der Waals surface area (Å²) in [5.41, 5.74) is 24.7. The summed E-state index contributed by atoms with van der Waals surface area (Å²) >= 11 is 0. The van der Waals surface area contributed by atoms with E-state index in [4.69, 9.17) is 5.73 Å². The molecule has 0 aliphatic carbocycles. The number of anilines is 6. The Morgan fingerprint density at radius 2 is 1.15 bits per heavy atom. The summed E-state index contributed by atoms with van der Waals surface area (Å²) in [7, 11) is 0. The fraction of sp³-hybridized carbons (Fsp3) is 0.125. The smallest absolute Gasteiger partial charge is 0.271 e. The van der Waals surface area contributed by atoms with Crippen LogP contribution < -0.4 is 32.6 Å². The van der Waals surface area contributed by atoms with Crippen LogP contribution in [-0.2, 0) is 0 Å². The SMILES string of the molecule is Cc1cccc(NNc2nc(N)nc(N(Nc3cccc(C)c3)Nc3cccc(C)c3)n2)c1. The monoisotopic (exact) mass is 441 g/mol. The molecule has 9 heteroatoms. The van der Waals surface area contributed by atoms with Gasteiger partial charge in [-0.15, -0.1) is 0 Å². The fourth-order valence-corrected chi connectivity index (χ4v) is 3.20. The van der Waals surface area contributed by atoms with Crippen LogP contribution in [0, 0.1) is 20.8 Å². The van der Waals surface area contributed by atoms with Gasteiger partial charge in [0.15, 0.2) is 0 Å². The van der Waals surface area contributed by atoms with Crippen molar-refractivity contribution in [1.29, 1.82) is 0 Å². The lowest BCUT2D eigenvalue weighted by molar-refractivity contribution is 0.939. The first kappa shape index (κ1) is 21.7. The number of hydrogen-bond donors (Lipinski definition) is 5. The van der Waals surface area contributed by atoms with Gasteiger partial charge in [0, 0.05) is 0 Å². The van der Waals surface area contributed by atoms with Crippen molar-refractivity contribution in [1.82, 2.24) is 15.0 Å². The van der Waals surface area contributed by atoms with Crippen molar-refractivity contribution >= 4 is 34.9 Å². The summed E-state index contributed by atoms with van der Waals surface area (Å²) in [4.78, 5) is 13.1. The van der Waals surface area contributed by atoms with Gasteiger partial charge in [-0.1, -0.05) is 36.4 Å². The maximum Gasteiger partial charge on any atom is 0.271 e. The normalized spacial score (nSPS) is 10.4. The maximum atomic E-state index is 6.01. The summed E-state index contributed by atoms with van der Waals surface area (Å²) in [6.07, 6.45) is 0. The van der Waals surface area contributed by atoms with Crippen molar-refractivity contribution in [3.8, 4) is 0 Å². The molecule has 6 N–H and O–H groups in total. The maximum absolute atomic E-state index is 6.01. The molecule has 0 aliphatic heterocycles. The molecule has 4 rings (SSSR count). The van der Waals surface area contributed by atoms with Crippen LogP contribution in [0.3, 0.4) is 0 Å². The number of nitrogens with zero attached hydrogens (tertiary/aromatic N) is 4. The van der Waals surface area contributed by atoms with Crippen molar-refractivity contribution in [3.63, 3.8) is 0 Å². The standard InChI is InChI=1S/C24H27N9/c1-16-7-4-10-19(13-16)29-30-23-26-22(25)27-24(28-23)33(31-20-11-5-8-17(2)14-20)32-21-12-6-9-18(3)15-21/h4-15,29,31-32H,1-3H3,(H3,25,26,27,28,30). The van der Waals surface area contributed by atoms with E-state index in [1.165, 1.54) is 0 Å². The van der Waals surface area contributed by atoms with Gasteiger partial charge in [0.25, 0.3) is 5.95 Å². The second kappa shape index (κ2) is 9.73. The lowest BCUT2D eigenvalue weighted by Gasteiger charge is -2.26. The van der Waals surface area contributed by atoms with Gasteiger partial charge in [-0.05, 0) is 73.9 Å². The van der Waals surface area contributed by atoms with Crippen LogP contribution in [0.5, 0.6) is 0 Å². The zero-order valence-corrected chi connectivity index (χ0v) is 18.8. The van der Waals surface area contributed by atoms with Crippen molar-refractivity contribution in [2.75, 3.05) is 32.6 Å². The van der Waals surface area contributed by atoms with Crippen LogP contribution in [0.2, 0.25) is 0 Å². The predicted octanol–water partition coefficient (Wildman–Crippen LogP) is 4.68. The zero-order chi connectivity index (χ0) is 23.2. The van der Waals surface area contributed by atoms with E-state index < -0.39 is 0 Å². The number of nitrogen functional groups attached to an aromatic ring is 1. The van der Waals surface area contributed by atoms with E-state index in [1.54, 1.807) is 5.12 Å². The molecule has 168 valence electrons. The highest BCUT2D eigenvalue weighted by Crippen LogP contribution is 2.19. The van der Waals surface area contributed by atoms with Gasteiger partial charge in [-0.25, -0.2) is 0 Å². The summed E-state index contributed by atoms with van der Waals surface area (Å²) in [6.45, 7) is 6.09. The molecule has 4 aromatic rings. The molecule has 0 saturated heterocycles. The third-order valence-corrected chi connectivity index (χ3v) is 4.70. The molecule has 0 aliphatic rings. The largest absolute Gasteiger partial charge is 0.368 e. The van der Waals surface area contributed by atoms with E-state index in [0.29, 0.717) is 5.95 Å². The van der Waals surface area contributed by atoms with Crippen LogP contribution in [-0.4, -0.2) is 15.0 Å². The lowest BCUT2D eigenvalue weighted by Crippen LogP contribution is -2.37.